The summed E-state index contributed by atoms with van der Waals surface area (Å²) < 4.78 is 5.22. The molecule has 0 heterocycles. The number of nitrogens with two attached hydrogens (primary N) is 1. The molecular weight excluding hydrogens is 592 g/mol. The predicted octanol–water partition coefficient (Wildman–Crippen LogP) is 2.78. The number of carbonyl (C=O) groups excluding carboxylic acids is 4. The zero-order valence-electron chi connectivity index (χ0n) is 27.1. The van der Waals surface area contributed by atoms with E-state index >= 15 is 0 Å². The first-order chi connectivity index (χ1) is 22.1. The Morgan fingerprint density at radius 3 is 2.22 bits per heavy atom. The molecule has 0 radical (unpaired) electrons. The lowest BCUT2D eigenvalue weighted by Gasteiger charge is -2.29. The van der Waals surface area contributed by atoms with Gasteiger partial charge in [-0.25, -0.2) is 14.4 Å². The molecule has 5 amide bonds. The molecule has 46 heavy (non-hydrogen) atoms. The third-order valence-electron chi connectivity index (χ3n) is 8.89. The molecule has 2 saturated carbocycles. The van der Waals surface area contributed by atoms with Crippen molar-refractivity contribution in [3.8, 4) is 0 Å². The number of carboxylic acids is 1. The van der Waals surface area contributed by atoms with E-state index in [1.807, 2.05) is 44.2 Å². The van der Waals surface area contributed by atoms with E-state index in [0.29, 0.717) is 44.1 Å². The number of alkyl carbamates (subject to hydrolysis) is 1. The Balaban J connectivity index is 1.55. The number of hydrogen-bond acceptors (Lipinski definition) is 7. The standard InChI is InChI=1S/C33H52N6O7/c1-21(2)28(30(41)36-27-19-23-14-15-24(27)18-23)39-29(40)25(37-32(44)38-26(31(42)43)13-6-8-16-34)12-7-9-17-35-33(45)46-20-22-10-4-3-5-11-22/h3-5,10-11,21,23-28H,6-9,12-20,34H2,1-2H3,(H,35,45)(H,36,41)(H,39,40)(H,42,43)(H2,37,38,44)/t23-,24+,25+,26-,27+,28-/m0/s1. The molecule has 3 rings (SSSR count). The molecule has 0 unspecified atom stereocenters. The Bertz CT molecular complexity index is 1150. The van der Waals surface area contributed by atoms with Crippen LogP contribution >= 0.6 is 0 Å². The maximum Gasteiger partial charge on any atom is 0.407 e. The number of urea groups is 1. The molecular formula is C33H52N6O7. The summed E-state index contributed by atoms with van der Waals surface area (Å²) in [4.78, 5) is 63.5. The van der Waals surface area contributed by atoms with Crippen LogP contribution in [0.3, 0.4) is 0 Å². The molecule has 13 heteroatoms. The number of rotatable bonds is 19. The van der Waals surface area contributed by atoms with E-state index in [1.54, 1.807) is 0 Å². The molecule has 6 atom stereocenters. The first-order valence-corrected chi connectivity index (χ1v) is 16.6. The van der Waals surface area contributed by atoms with Crippen LogP contribution in [0.2, 0.25) is 0 Å². The maximum atomic E-state index is 13.5. The summed E-state index contributed by atoms with van der Waals surface area (Å²) in [7, 11) is 0. The topological polar surface area (TPSA) is 201 Å². The van der Waals surface area contributed by atoms with Gasteiger partial charge >= 0.3 is 18.1 Å². The number of aliphatic carboxylic acids is 1. The van der Waals surface area contributed by atoms with E-state index in [-0.39, 0.29) is 43.9 Å². The average Bonchev–Trinajstić information content (AvgIpc) is 3.65. The first kappa shape index (κ1) is 36.6. The van der Waals surface area contributed by atoms with Gasteiger partial charge in [-0.3, -0.25) is 9.59 Å². The molecule has 1 aromatic carbocycles. The summed E-state index contributed by atoms with van der Waals surface area (Å²) >= 11 is 0. The third kappa shape index (κ3) is 12.1. The summed E-state index contributed by atoms with van der Waals surface area (Å²) in [6, 6.07) is 5.63. The Morgan fingerprint density at radius 2 is 1.59 bits per heavy atom. The van der Waals surface area contributed by atoms with Gasteiger partial charge in [-0.1, -0.05) is 50.6 Å². The van der Waals surface area contributed by atoms with Gasteiger partial charge in [0.15, 0.2) is 0 Å². The molecule has 2 bridgehead atoms. The van der Waals surface area contributed by atoms with Gasteiger partial charge < -0.3 is 42.2 Å². The molecule has 8 N–H and O–H groups in total. The highest BCUT2D eigenvalue weighted by molar-refractivity contribution is 5.92. The summed E-state index contributed by atoms with van der Waals surface area (Å²) in [6.45, 7) is 4.54. The number of amides is 5. The van der Waals surface area contributed by atoms with Crippen LogP contribution in [0.4, 0.5) is 9.59 Å². The van der Waals surface area contributed by atoms with Crippen LogP contribution in [-0.2, 0) is 25.7 Å². The van der Waals surface area contributed by atoms with Crippen molar-refractivity contribution in [1.82, 2.24) is 26.6 Å². The van der Waals surface area contributed by atoms with E-state index < -0.39 is 42.1 Å². The smallest absolute Gasteiger partial charge is 0.407 e. The minimum Gasteiger partial charge on any atom is -0.480 e. The van der Waals surface area contributed by atoms with Crippen LogP contribution in [0, 0.1) is 17.8 Å². The number of fused-ring (bicyclic) bond motifs is 2. The van der Waals surface area contributed by atoms with E-state index in [4.69, 9.17) is 10.5 Å². The van der Waals surface area contributed by atoms with Crippen LogP contribution in [0.1, 0.15) is 83.6 Å². The summed E-state index contributed by atoms with van der Waals surface area (Å²) in [6.07, 6.45) is 6.31. The van der Waals surface area contributed by atoms with E-state index in [9.17, 15) is 29.1 Å². The molecule has 13 nitrogen and oxygen atoms in total. The second kappa shape index (κ2) is 18.9. The van der Waals surface area contributed by atoms with E-state index in [2.05, 4.69) is 26.6 Å². The van der Waals surface area contributed by atoms with Crippen LogP contribution < -0.4 is 32.3 Å². The van der Waals surface area contributed by atoms with Crippen LogP contribution in [0.15, 0.2) is 30.3 Å². The van der Waals surface area contributed by atoms with Crippen molar-refractivity contribution in [2.24, 2.45) is 23.5 Å². The molecule has 0 spiro atoms. The number of carboxylic acid groups (broad SMARTS) is 1. The predicted molar refractivity (Wildman–Crippen MR) is 172 cm³/mol. The normalized spacial score (nSPS) is 20.3. The van der Waals surface area contributed by atoms with Crippen molar-refractivity contribution >= 4 is 29.9 Å². The molecule has 0 aliphatic heterocycles. The maximum absolute atomic E-state index is 13.5. The Kier molecular flexibility index (Phi) is 15.1. The van der Waals surface area contributed by atoms with Gasteiger partial charge in [-0.15, -0.1) is 0 Å². The zero-order valence-corrected chi connectivity index (χ0v) is 27.1. The van der Waals surface area contributed by atoms with Crippen molar-refractivity contribution in [3.63, 3.8) is 0 Å². The quantitative estimate of drug-likeness (QED) is 0.111. The number of nitrogens with one attached hydrogen (secondary N) is 5. The van der Waals surface area contributed by atoms with Crippen LogP contribution in [0.5, 0.6) is 0 Å². The number of hydrogen-bond donors (Lipinski definition) is 7. The SMILES string of the molecule is CC(C)[C@H](NC(=O)[C@@H](CCCCNC(=O)OCc1ccccc1)NC(=O)N[C@@H](CCCCN)C(=O)O)C(=O)N[C@@H]1C[C@H]2CC[C@@H]1C2. The lowest BCUT2D eigenvalue weighted by atomic mass is 9.94. The molecule has 0 saturated heterocycles. The van der Waals surface area contributed by atoms with Gasteiger partial charge in [0.1, 0.15) is 24.7 Å². The minimum atomic E-state index is -1.18. The Hall–Kier alpha value is -3.87. The molecule has 2 aliphatic carbocycles. The van der Waals surface area contributed by atoms with Gasteiger partial charge in [0, 0.05) is 12.6 Å². The van der Waals surface area contributed by atoms with Gasteiger partial charge in [-0.2, -0.15) is 0 Å². The van der Waals surface area contributed by atoms with Gasteiger partial charge in [0.05, 0.1) is 0 Å². The van der Waals surface area contributed by atoms with Crippen molar-refractivity contribution in [3.05, 3.63) is 35.9 Å². The average molecular weight is 645 g/mol. The third-order valence-corrected chi connectivity index (χ3v) is 8.89. The minimum absolute atomic E-state index is 0.114. The Labute approximate surface area is 271 Å². The first-order valence-electron chi connectivity index (χ1n) is 16.6. The summed E-state index contributed by atoms with van der Waals surface area (Å²) in [5.41, 5.74) is 6.37. The van der Waals surface area contributed by atoms with Gasteiger partial charge in [-0.05, 0) is 87.6 Å². The molecule has 0 aromatic heterocycles. The van der Waals surface area contributed by atoms with E-state index in [0.717, 1.165) is 24.8 Å². The number of ether oxygens (including phenoxy) is 1. The van der Waals surface area contributed by atoms with Crippen molar-refractivity contribution in [2.75, 3.05) is 13.1 Å². The number of benzene rings is 1. The second-order valence-corrected chi connectivity index (χ2v) is 12.9. The van der Waals surface area contributed by atoms with Crippen LogP contribution in [-0.4, -0.2) is 72.3 Å². The fourth-order valence-electron chi connectivity index (χ4n) is 6.30. The summed E-state index contributed by atoms with van der Waals surface area (Å²) in [5, 5.41) is 23.3. The fourth-order valence-corrected chi connectivity index (χ4v) is 6.30. The largest absolute Gasteiger partial charge is 0.480 e. The van der Waals surface area contributed by atoms with Gasteiger partial charge in [0.25, 0.3) is 0 Å². The lowest BCUT2D eigenvalue weighted by Crippen LogP contribution is -2.58. The van der Waals surface area contributed by atoms with Crippen molar-refractivity contribution < 1.29 is 33.8 Å². The van der Waals surface area contributed by atoms with Crippen LogP contribution in [0.25, 0.3) is 0 Å². The lowest BCUT2D eigenvalue weighted by molar-refractivity contribution is -0.139. The van der Waals surface area contributed by atoms with Crippen molar-refractivity contribution in [2.45, 2.75) is 109 Å². The monoisotopic (exact) mass is 644 g/mol. The number of unbranched alkanes of at least 4 members (excludes halogenated alkanes) is 2. The highest BCUT2D eigenvalue weighted by Gasteiger charge is 2.41. The second-order valence-electron chi connectivity index (χ2n) is 12.9. The number of carbonyl (C=O) groups is 5. The molecule has 2 aliphatic rings. The fraction of sp³-hybridized carbons (Fsp3) is 0.667. The molecule has 1 aromatic rings. The highest BCUT2D eigenvalue weighted by Crippen LogP contribution is 2.44. The molecule has 256 valence electrons. The van der Waals surface area contributed by atoms with Crippen molar-refractivity contribution in [1.29, 1.82) is 0 Å². The molecule has 2 fully saturated rings. The van der Waals surface area contributed by atoms with Gasteiger partial charge in [0.2, 0.25) is 11.8 Å². The summed E-state index contributed by atoms with van der Waals surface area (Å²) in [5.74, 6) is -1.04. The van der Waals surface area contributed by atoms with E-state index in [1.165, 1.54) is 6.42 Å². The Morgan fingerprint density at radius 1 is 0.891 bits per heavy atom. The zero-order chi connectivity index (χ0) is 33.5. The highest BCUT2D eigenvalue weighted by atomic mass is 16.5.